The molecule has 374 valence electrons. The van der Waals surface area contributed by atoms with E-state index in [0.29, 0.717) is 19.3 Å². The van der Waals surface area contributed by atoms with E-state index < -0.39 is 6.10 Å². The first-order chi connectivity index (χ1) is 30.9. The monoisotopic (exact) mass is 891 g/mol. The van der Waals surface area contributed by atoms with Crippen LogP contribution < -0.4 is 0 Å². The standard InChI is InChI=1S/C57H110O6/c1-5-7-9-11-13-15-17-19-20-21-22-24-29-33-37-41-45-49-56(59)62-52-54(51-61-55(58)48-44-40-36-32-28-23-18-16-14-12-10-8-6-2)63-57(60)50-46-42-38-34-30-26-25-27-31-35-39-43-47-53(3)4/h53-54H,5-52H2,1-4H3/t54-/m0/s1. The van der Waals surface area contributed by atoms with Gasteiger partial charge in [-0.25, -0.2) is 0 Å². The molecule has 0 saturated heterocycles. The van der Waals surface area contributed by atoms with Crippen molar-refractivity contribution in [2.45, 2.75) is 329 Å². The Morgan fingerprint density at radius 1 is 0.302 bits per heavy atom. The van der Waals surface area contributed by atoms with Gasteiger partial charge < -0.3 is 14.2 Å². The lowest BCUT2D eigenvalue weighted by molar-refractivity contribution is -0.167. The van der Waals surface area contributed by atoms with E-state index in [9.17, 15) is 14.4 Å². The number of carbonyl (C=O) groups is 3. The third-order valence-corrected chi connectivity index (χ3v) is 13.0. The Morgan fingerprint density at radius 3 is 0.778 bits per heavy atom. The lowest BCUT2D eigenvalue weighted by atomic mass is 10.0. The predicted octanol–water partition coefficient (Wildman–Crippen LogP) is 18.6. The lowest BCUT2D eigenvalue weighted by Crippen LogP contribution is -2.30. The van der Waals surface area contributed by atoms with Gasteiger partial charge in [0.25, 0.3) is 0 Å². The molecule has 0 aliphatic rings. The maximum atomic E-state index is 12.8. The zero-order valence-corrected chi connectivity index (χ0v) is 43.0. The topological polar surface area (TPSA) is 78.9 Å². The molecule has 0 amide bonds. The molecule has 0 aromatic heterocycles. The lowest BCUT2D eigenvalue weighted by Gasteiger charge is -2.18. The van der Waals surface area contributed by atoms with Crippen molar-refractivity contribution in [1.29, 1.82) is 0 Å². The fourth-order valence-electron chi connectivity index (χ4n) is 8.75. The van der Waals surface area contributed by atoms with Crippen LogP contribution in [0, 0.1) is 5.92 Å². The van der Waals surface area contributed by atoms with Gasteiger partial charge in [0, 0.05) is 19.3 Å². The van der Waals surface area contributed by atoms with Crippen LogP contribution in [-0.4, -0.2) is 37.2 Å². The normalized spacial score (nSPS) is 12.0. The molecule has 0 radical (unpaired) electrons. The molecule has 0 fully saturated rings. The number of unbranched alkanes of at least 4 members (excludes halogenated alkanes) is 39. The van der Waals surface area contributed by atoms with Crippen LogP contribution in [0.15, 0.2) is 0 Å². The molecule has 0 bridgehead atoms. The van der Waals surface area contributed by atoms with Gasteiger partial charge in [0.05, 0.1) is 0 Å². The summed E-state index contributed by atoms with van der Waals surface area (Å²) in [5.41, 5.74) is 0. The summed E-state index contributed by atoms with van der Waals surface area (Å²) in [6, 6.07) is 0. The van der Waals surface area contributed by atoms with E-state index in [-0.39, 0.29) is 31.1 Å². The summed E-state index contributed by atoms with van der Waals surface area (Å²) in [6.45, 7) is 9.05. The summed E-state index contributed by atoms with van der Waals surface area (Å²) in [6.07, 6.45) is 55.2. The average Bonchev–Trinajstić information content (AvgIpc) is 3.27. The molecular formula is C57H110O6. The van der Waals surface area contributed by atoms with Crippen LogP contribution in [0.2, 0.25) is 0 Å². The molecule has 0 saturated carbocycles. The Balaban J connectivity index is 4.29. The van der Waals surface area contributed by atoms with E-state index in [0.717, 1.165) is 63.7 Å². The summed E-state index contributed by atoms with van der Waals surface area (Å²) in [5, 5.41) is 0. The molecule has 0 heterocycles. The molecule has 0 spiro atoms. The van der Waals surface area contributed by atoms with Gasteiger partial charge >= 0.3 is 17.9 Å². The van der Waals surface area contributed by atoms with Crippen LogP contribution in [0.5, 0.6) is 0 Å². The first-order valence-corrected chi connectivity index (χ1v) is 28.4. The Morgan fingerprint density at radius 2 is 0.524 bits per heavy atom. The quantitative estimate of drug-likeness (QED) is 0.0344. The number of carbonyl (C=O) groups excluding carboxylic acids is 3. The zero-order valence-electron chi connectivity index (χ0n) is 43.0. The Labute approximate surface area is 393 Å². The molecule has 0 unspecified atom stereocenters. The van der Waals surface area contributed by atoms with E-state index in [1.54, 1.807) is 0 Å². The summed E-state index contributed by atoms with van der Waals surface area (Å²) in [4.78, 5) is 38.1. The maximum Gasteiger partial charge on any atom is 0.306 e. The van der Waals surface area contributed by atoms with Crippen molar-refractivity contribution in [3.8, 4) is 0 Å². The van der Waals surface area contributed by atoms with Crippen LogP contribution in [-0.2, 0) is 28.6 Å². The van der Waals surface area contributed by atoms with Gasteiger partial charge in [-0.1, -0.05) is 285 Å². The van der Waals surface area contributed by atoms with Crippen LogP contribution >= 0.6 is 0 Å². The van der Waals surface area contributed by atoms with Crippen LogP contribution in [0.4, 0.5) is 0 Å². The first kappa shape index (κ1) is 61.4. The summed E-state index contributed by atoms with van der Waals surface area (Å²) < 4.78 is 16.9. The first-order valence-electron chi connectivity index (χ1n) is 28.4. The maximum absolute atomic E-state index is 12.8. The van der Waals surface area contributed by atoms with Crippen molar-refractivity contribution in [1.82, 2.24) is 0 Å². The molecule has 1 atom stereocenters. The highest BCUT2D eigenvalue weighted by Gasteiger charge is 2.19. The van der Waals surface area contributed by atoms with Crippen molar-refractivity contribution in [2.24, 2.45) is 5.92 Å². The largest absolute Gasteiger partial charge is 0.462 e. The molecule has 6 nitrogen and oxygen atoms in total. The highest BCUT2D eigenvalue weighted by molar-refractivity contribution is 5.71. The fourth-order valence-corrected chi connectivity index (χ4v) is 8.75. The van der Waals surface area contributed by atoms with E-state index in [1.165, 1.54) is 218 Å². The third kappa shape index (κ3) is 51.3. The van der Waals surface area contributed by atoms with Crippen molar-refractivity contribution in [3.63, 3.8) is 0 Å². The zero-order chi connectivity index (χ0) is 45.9. The second-order valence-corrected chi connectivity index (χ2v) is 20.1. The van der Waals surface area contributed by atoms with Crippen molar-refractivity contribution < 1.29 is 28.6 Å². The molecule has 0 aliphatic heterocycles. The van der Waals surface area contributed by atoms with E-state index in [4.69, 9.17) is 14.2 Å². The number of hydrogen-bond donors (Lipinski definition) is 0. The SMILES string of the molecule is CCCCCCCCCCCCCCCCCCCC(=O)OC[C@H](COC(=O)CCCCCCCCCCCCCCC)OC(=O)CCCCCCCCCCCCCCC(C)C. The molecule has 0 aliphatic carbocycles. The second kappa shape index (κ2) is 51.4. The van der Waals surface area contributed by atoms with Gasteiger partial charge in [0.1, 0.15) is 13.2 Å². The predicted molar refractivity (Wildman–Crippen MR) is 270 cm³/mol. The minimum Gasteiger partial charge on any atom is -0.462 e. The Kier molecular flexibility index (Phi) is 50.1. The highest BCUT2D eigenvalue weighted by Crippen LogP contribution is 2.18. The van der Waals surface area contributed by atoms with Crippen molar-refractivity contribution in [2.75, 3.05) is 13.2 Å². The second-order valence-electron chi connectivity index (χ2n) is 20.1. The molecule has 0 aromatic rings. The minimum absolute atomic E-state index is 0.0620. The molecule has 6 heteroatoms. The van der Waals surface area contributed by atoms with Gasteiger partial charge in [0.2, 0.25) is 0 Å². The van der Waals surface area contributed by atoms with Gasteiger partial charge in [-0.15, -0.1) is 0 Å². The van der Waals surface area contributed by atoms with Crippen LogP contribution in [0.3, 0.4) is 0 Å². The van der Waals surface area contributed by atoms with Crippen LogP contribution in [0.1, 0.15) is 323 Å². The number of rotatable bonds is 52. The number of esters is 3. The Hall–Kier alpha value is -1.59. The smallest absolute Gasteiger partial charge is 0.306 e. The fraction of sp³-hybridized carbons (Fsp3) is 0.947. The average molecular weight is 892 g/mol. The van der Waals surface area contributed by atoms with Gasteiger partial charge in [0.15, 0.2) is 6.10 Å². The van der Waals surface area contributed by atoms with Gasteiger partial charge in [-0.3, -0.25) is 14.4 Å². The van der Waals surface area contributed by atoms with Crippen molar-refractivity contribution in [3.05, 3.63) is 0 Å². The Bertz CT molecular complexity index is 949. The van der Waals surface area contributed by atoms with E-state index in [1.807, 2.05) is 0 Å². The van der Waals surface area contributed by atoms with Crippen LogP contribution in [0.25, 0.3) is 0 Å². The molecule has 0 aromatic carbocycles. The molecule has 0 N–H and O–H groups in total. The van der Waals surface area contributed by atoms with E-state index >= 15 is 0 Å². The molecular weight excluding hydrogens is 781 g/mol. The highest BCUT2D eigenvalue weighted by atomic mass is 16.6. The molecule has 63 heavy (non-hydrogen) atoms. The summed E-state index contributed by atoms with van der Waals surface area (Å²) >= 11 is 0. The van der Waals surface area contributed by atoms with Gasteiger partial charge in [-0.2, -0.15) is 0 Å². The third-order valence-electron chi connectivity index (χ3n) is 13.0. The van der Waals surface area contributed by atoms with Crippen molar-refractivity contribution >= 4 is 17.9 Å². The minimum atomic E-state index is -0.761. The summed E-state index contributed by atoms with van der Waals surface area (Å²) in [5.74, 6) is -0.00483. The van der Waals surface area contributed by atoms with Gasteiger partial charge in [-0.05, 0) is 25.2 Å². The number of ether oxygens (including phenoxy) is 3. The molecule has 0 rings (SSSR count). The van der Waals surface area contributed by atoms with E-state index in [2.05, 4.69) is 27.7 Å². The number of hydrogen-bond acceptors (Lipinski definition) is 6. The summed E-state index contributed by atoms with van der Waals surface area (Å²) in [7, 11) is 0.